The fourth-order valence-electron chi connectivity index (χ4n) is 4.23. The van der Waals surface area contributed by atoms with Crippen LogP contribution in [0.5, 0.6) is 0 Å². The number of thioether (sulfide) groups is 1. The average molecular weight is 502 g/mol. The highest BCUT2D eigenvalue weighted by molar-refractivity contribution is 7.99. The van der Waals surface area contributed by atoms with Crippen molar-refractivity contribution in [3.05, 3.63) is 99.3 Å². The third-order valence-corrected chi connectivity index (χ3v) is 7.07. The highest BCUT2D eigenvalue weighted by atomic mass is 32.2. The number of nitro groups is 1. The van der Waals surface area contributed by atoms with Gasteiger partial charge in [-0.1, -0.05) is 42.1 Å². The quantitative estimate of drug-likeness (QED) is 0.172. The molecule has 0 atom stereocenters. The number of rotatable bonds is 6. The lowest BCUT2D eigenvalue weighted by atomic mass is 10.2. The summed E-state index contributed by atoms with van der Waals surface area (Å²) in [6.45, 7) is 2.37. The van der Waals surface area contributed by atoms with Crippen molar-refractivity contribution >= 4 is 39.9 Å². The number of nitro benzene ring substituents is 1. The summed E-state index contributed by atoms with van der Waals surface area (Å²) in [5, 5.41) is 11.9. The molecule has 10 heteroatoms. The van der Waals surface area contributed by atoms with Crippen molar-refractivity contribution in [3.63, 3.8) is 0 Å². The number of carbonyl (C=O) groups is 1. The summed E-state index contributed by atoms with van der Waals surface area (Å²) in [5.74, 6) is 0.139. The van der Waals surface area contributed by atoms with Crippen molar-refractivity contribution in [1.29, 1.82) is 0 Å². The minimum absolute atomic E-state index is 0.0228. The van der Waals surface area contributed by atoms with Gasteiger partial charge in [0.25, 0.3) is 11.2 Å². The Morgan fingerprint density at radius 3 is 2.25 bits per heavy atom. The number of hydrogen-bond acceptors (Lipinski definition) is 7. The van der Waals surface area contributed by atoms with Gasteiger partial charge in [-0.15, -0.1) is 0 Å². The summed E-state index contributed by atoms with van der Waals surface area (Å²) >= 11 is 1.26. The van der Waals surface area contributed by atoms with Gasteiger partial charge in [-0.2, -0.15) is 0 Å². The number of nitrogens with zero attached hydrogens (tertiary/aromatic N) is 5. The van der Waals surface area contributed by atoms with Crippen molar-refractivity contribution in [2.24, 2.45) is 0 Å². The van der Waals surface area contributed by atoms with Crippen molar-refractivity contribution < 1.29 is 9.72 Å². The maximum absolute atomic E-state index is 13.3. The molecule has 0 unspecified atom stereocenters. The monoisotopic (exact) mass is 501 g/mol. The van der Waals surface area contributed by atoms with Crippen LogP contribution in [0.2, 0.25) is 0 Å². The number of anilines is 1. The molecule has 1 saturated heterocycles. The molecule has 4 aromatic rings. The predicted molar refractivity (Wildman–Crippen MR) is 140 cm³/mol. The topological polar surface area (TPSA) is 102 Å². The van der Waals surface area contributed by atoms with E-state index in [0.717, 1.165) is 5.69 Å². The van der Waals surface area contributed by atoms with Crippen molar-refractivity contribution in [1.82, 2.24) is 14.5 Å². The van der Waals surface area contributed by atoms with Crippen LogP contribution in [-0.2, 0) is 4.79 Å². The molecule has 0 bridgehead atoms. The number of hydrogen-bond donors (Lipinski definition) is 0. The van der Waals surface area contributed by atoms with Gasteiger partial charge in [0.05, 0.1) is 27.3 Å². The summed E-state index contributed by atoms with van der Waals surface area (Å²) in [7, 11) is 0. The molecule has 0 radical (unpaired) electrons. The third kappa shape index (κ3) is 4.80. The van der Waals surface area contributed by atoms with Gasteiger partial charge in [0.1, 0.15) is 0 Å². The second kappa shape index (κ2) is 10.2. The fraction of sp³-hybridized carbons (Fsp3) is 0.192. The molecule has 0 N–H and O–H groups in total. The maximum Gasteiger partial charge on any atom is 0.269 e. The van der Waals surface area contributed by atoms with Gasteiger partial charge < -0.3 is 9.80 Å². The Hall–Kier alpha value is -4.18. The Morgan fingerprint density at radius 2 is 1.56 bits per heavy atom. The smallest absolute Gasteiger partial charge is 0.269 e. The normalized spacial score (nSPS) is 13.7. The van der Waals surface area contributed by atoms with Crippen LogP contribution in [0.15, 0.2) is 88.8 Å². The maximum atomic E-state index is 13.3. The van der Waals surface area contributed by atoms with E-state index in [2.05, 4.69) is 4.90 Å². The Kier molecular flexibility index (Phi) is 6.68. The third-order valence-electron chi connectivity index (χ3n) is 6.14. The van der Waals surface area contributed by atoms with E-state index in [1.807, 2.05) is 42.5 Å². The number of amides is 1. The lowest BCUT2D eigenvalue weighted by Crippen LogP contribution is -2.49. The van der Waals surface area contributed by atoms with Crippen LogP contribution in [0.1, 0.15) is 0 Å². The first kappa shape index (κ1) is 23.6. The highest BCUT2D eigenvalue weighted by Crippen LogP contribution is 2.23. The molecule has 1 aliphatic heterocycles. The molecule has 2 heterocycles. The Labute approximate surface area is 211 Å². The van der Waals surface area contributed by atoms with Crippen LogP contribution >= 0.6 is 11.8 Å². The number of aromatic nitrogens is 2. The molecule has 1 amide bonds. The molecule has 1 fully saturated rings. The SMILES string of the molecule is O=C(CSc1nc2ccccc2c(=O)n1-c1ccccc1)N1CCN(c2ccc([N+](=O)[O-])cc2)CC1. The first-order valence-electron chi connectivity index (χ1n) is 11.5. The zero-order chi connectivity index (χ0) is 25.1. The number of carbonyl (C=O) groups excluding carboxylic acids is 1. The number of non-ortho nitro benzene ring substituents is 1. The molecular formula is C26H23N5O4S. The fourth-order valence-corrected chi connectivity index (χ4v) is 5.15. The van der Waals surface area contributed by atoms with Gasteiger partial charge in [-0.3, -0.25) is 24.3 Å². The van der Waals surface area contributed by atoms with E-state index in [-0.39, 0.29) is 22.9 Å². The summed E-state index contributed by atoms with van der Waals surface area (Å²) < 4.78 is 1.56. The molecule has 182 valence electrons. The van der Waals surface area contributed by atoms with Gasteiger partial charge in [0, 0.05) is 44.0 Å². The molecule has 36 heavy (non-hydrogen) atoms. The molecule has 1 aromatic heterocycles. The minimum Gasteiger partial charge on any atom is -0.368 e. The van der Waals surface area contributed by atoms with E-state index < -0.39 is 4.92 Å². The summed E-state index contributed by atoms with van der Waals surface area (Å²) in [6, 6.07) is 23.0. The number of fused-ring (bicyclic) bond motifs is 1. The van der Waals surface area contributed by atoms with Crippen LogP contribution in [0.25, 0.3) is 16.6 Å². The van der Waals surface area contributed by atoms with E-state index in [9.17, 15) is 19.7 Å². The number of benzene rings is 3. The van der Waals surface area contributed by atoms with Crippen molar-refractivity contribution in [2.75, 3.05) is 36.8 Å². The molecule has 1 aliphatic rings. The summed E-state index contributed by atoms with van der Waals surface area (Å²) in [6.07, 6.45) is 0. The molecule has 0 saturated carbocycles. The highest BCUT2D eigenvalue weighted by Gasteiger charge is 2.23. The van der Waals surface area contributed by atoms with Gasteiger partial charge in [0.2, 0.25) is 5.91 Å². The number of piperazine rings is 1. The zero-order valence-corrected chi connectivity index (χ0v) is 20.1. The molecule has 5 rings (SSSR count). The van der Waals surface area contributed by atoms with E-state index in [0.29, 0.717) is 47.9 Å². The average Bonchev–Trinajstić information content (AvgIpc) is 2.92. The van der Waals surface area contributed by atoms with Crippen LogP contribution in [-0.4, -0.2) is 57.2 Å². The Balaban J connectivity index is 1.29. The van der Waals surface area contributed by atoms with E-state index in [1.165, 1.54) is 23.9 Å². The molecular weight excluding hydrogens is 478 g/mol. The zero-order valence-electron chi connectivity index (χ0n) is 19.3. The first-order valence-corrected chi connectivity index (χ1v) is 12.5. The van der Waals surface area contributed by atoms with Gasteiger partial charge >= 0.3 is 0 Å². The second-order valence-corrected chi connectivity index (χ2v) is 9.26. The van der Waals surface area contributed by atoms with Gasteiger partial charge in [-0.25, -0.2) is 4.98 Å². The van der Waals surface area contributed by atoms with E-state index >= 15 is 0 Å². The molecule has 9 nitrogen and oxygen atoms in total. The van der Waals surface area contributed by atoms with Crippen molar-refractivity contribution in [3.8, 4) is 5.69 Å². The van der Waals surface area contributed by atoms with Crippen LogP contribution < -0.4 is 10.5 Å². The molecule has 0 spiro atoms. The van der Waals surface area contributed by atoms with Gasteiger partial charge in [0.15, 0.2) is 5.16 Å². The minimum atomic E-state index is -0.417. The van der Waals surface area contributed by atoms with Gasteiger partial charge in [-0.05, 0) is 36.4 Å². The second-order valence-electron chi connectivity index (χ2n) is 8.32. The largest absolute Gasteiger partial charge is 0.368 e. The summed E-state index contributed by atoms with van der Waals surface area (Å²) in [5.41, 5.74) is 2.09. The van der Waals surface area contributed by atoms with Crippen LogP contribution in [0, 0.1) is 10.1 Å². The Morgan fingerprint density at radius 1 is 0.889 bits per heavy atom. The summed E-state index contributed by atoms with van der Waals surface area (Å²) in [4.78, 5) is 45.4. The van der Waals surface area contributed by atoms with E-state index in [1.54, 1.807) is 33.7 Å². The predicted octanol–water partition coefficient (Wildman–Crippen LogP) is 3.73. The lowest BCUT2D eigenvalue weighted by molar-refractivity contribution is -0.384. The molecule has 3 aromatic carbocycles. The van der Waals surface area contributed by atoms with Crippen LogP contribution in [0.4, 0.5) is 11.4 Å². The first-order chi connectivity index (χ1) is 17.5. The standard InChI is InChI=1S/C26H23N5O4S/c32-24(29-16-14-28(15-17-29)19-10-12-21(13-11-19)31(34)35)18-36-26-27-23-9-5-4-8-22(23)25(33)30(26)20-6-2-1-3-7-20/h1-13H,14-18H2. The van der Waals surface area contributed by atoms with E-state index in [4.69, 9.17) is 4.98 Å². The van der Waals surface area contributed by atoms with Crippen molar-refractivity contribution in [2.45, 2.75) is 5.16 Å². The number of para-hydroxylation sites is 2. The molecule has 0 aliphatic carbocycles. The Bertz CT molecular complexity index is 1470. The van der Waals surface area contributed by atoms with Crippen LogP contribution in [0.3, 0.4) is 0 Å². The lowest BCUT2D eigenvalue weighted by Gasteiger charge is -2.36.